The van der Waals surface area contributed by atoms with Crippen molar-refractivity contribution in [1.82, 2.24) is 19.6 Å². The van der Waals surface area contributed by atoms with Crippen LogP contribution in [0.3, 0.4) is 0 Å². The smallest absolute Gasteiger partial charge is 0.315 e. The normalized spacial score (nSPS) is 17.6. The maximum absolute atomic E-state index is 13.1. The Bertz CT molecular complexity index is 698. The van der Waals surface area contributed by atoms with Crippen molar-refractivity contribution in [3.8, 4) is 0 Å². The molecule has 0 bridgehead atoms. The molecule has 1 aliphatic heterocycles. The molecular weight excluding hydrogens is 317 g/mol. The van der Waals surface area contributed by atoms with E-state index < -0.39 is 11.7 Å². The topological polar surface area (TPSA) is 32.6 Å². The molecule has 1 aliphatic rings. The number of pyridine rings is 1. The lowest BCUT2D eigenvalue weighted by atomic mass is 10.1. The molecule has 2 aromatic heterocycles. The van der Waals surface area contributed by atoms with E-state index in [1.807, 2.05) is 13.8 Å². The fourth-order valence-electron chi connectivity index (χ4n) is 3.17. The highest BCUT2D eigenvalue weighted by molar-refractivity contribution is 5.46. The van der Waals surface area contributed by atoms with Crippen molar-refractivity contribution >= 4 is 5.65 Å². The van der Waals surface area contributed by atoms with Gasteiger partial charge in [0.05, 0.1) is 17.0 Å². The lowest BCUT2D eigenvalue weighted by molar-refractivity contribution is -0.137. The molecule has 0 aliphatic carbocycles. The highest BCUT2D eigenvalue weighted by atomic mass is 19.4. The average Bonchev–Trinajstić information content (AvgIpc) is 2.68. The van der Waals surface area contributed by atoms with Gasteiger partial charge in [-0.05, 0) is 37.6 Å². The third-order valence-corrected chi connectivity index (χ3v) is 4.43. The maximum atomic E-state index is 13.1. The zero-order valence-electron chi connectivity index (χ0n) is 14.0. The van der Waals surface area contributed by atoms with E-state index in [1.165, 1.54) is 12.3 Å². The van der Waals surface area contributed by atoms with Gasteiger partial charge >= 0.3 is 6.18 Å². The SMILES string of the molecule is CC(C)c1nc2ccc(C(F)(F)F)cn2c1CN1CCCNCC1. The molecule has 0 spiro atoms. The van der Waals surface area contributed by atoms with Gasteiger partial charge in [0.25, 0.3) is 0 Å². The van der Waals surface area contributed by atoms with Crippen molar-refractivity contribution in [1.29, 1.82) is 0 Å². The Morgan fingerprint density at radius 2 is 2.00 bits per heavy atom. The number of aromatic nitrogens is 2. The van der Waals surface area contributed by atoms with Gasteiger partial charge in [0.1, 0.15) is 5.65 Å². The highest BCUT2D eigenvalue weighted by Crippen LogP contribution is 2.31. The quantitative estimate of drug-likeness (QED) is 0.931. The van der Waals surface area contributed by atoms with E-state index in [0.29, 0.717) is 12.2 Å². The Morgan fingerprint density at radius 1 is 1.21 bits per heavy atom. The summed E-state index contributed by atoms with van der Waals surface area (Å²) in [7, 11) is 0. The van der Waals surface area contributed by atoms with Gasteiger partial charge in [-0.3, -0.25) is 4.90 Å². The van der Waals surface area contributed by atoms with Crippen LogP contribution in [0.4, 0.5) is 13.2 Å². The van der Waals surface area contributed by atoms with Gasteiger partial charge in [-0.2, -0.15) is 13.2 Å². The van der Waals surface area contributed by atoms with Gasteiger partial charge in [-0.1, -0.05) is 13.8 Å². The van der Waals surface area contributed by atoms with Crippen molar-refractivity contribution in [3.63, 3.8) is 0 Å². The van der Waals surface area contributed by atoms with Crippen LogP contribution in [0, 0.1) is 0 Å². The zero-order chi connectivity index (χ0) is 17.3. The number of hydrogen-bond donors (Lipinski definition) is 1. The van der Waals surface area contributed by atoms with Gasteiger partial charge in [0.15, 0.2) is 0 Å². The summed E-state index contributed by atoms with van der Waals surface area (Å²) in [5.41, 5.74) is 1.69. The van der Waals surface area contributed by atoms with Crippen LogP contribution in [-0.4, -0.2) is 40.5 Å². The Labute approximate surface area is 139 Å². The molecule has 24 heavy (non-hydrogen) atoms. The molecule has 3 rings (SSSR count). The first-order valence-corrected chi connectivity index (χ1v) is 8.37. The van der Waals surface area contributed by atoms with Crippen LogP contribution >= 0.6 is 0 Å². The predicted molar refractivity (Wildman–Crippen MR) is 87.0 cm³/mol. The third kappa shape index (κ3) is 3.57. The van der Waals surface area contributed by atoms with Gasteiger partial charge < -0.3 is 9.72 Å². The van der Waals surface area contributed by atoms with Gasteiger partial charge in [-0.15, -0.1) is 0 Å². The molecule has 1 fully saturated rings. The first-order chi connectivity index (χ1) is 11.4. The third-order valence-electron chi connectivity index (χ3n) is 4.43. The molecule has 0 aromatic carbocycles. The molecular formula is C17H23F3N4. The number of hydrogen-bond acceptors (Lipinski definition) is 3. The van der Waals surface area contributed by atoms with Crippen LogP contribution in [0.1, 0.15) is 43.1 Å². The average molecular weight is 340 g/mol. The molecule has 1 N–H and O–H groups in total. The minimum Gasteiger partial charge on any atom is -0.315 e. The van der Waals surface area contributed by atoms with E-state index in [4.69, 9.17) is 0 Å². The monoisotopic (exact) mass is 340 g/mol. The molecule has 3 heterocycles. The second-order valence-electron chi connectivity index (χ2n) is 6.62. The van der Waals surface area contributed by atoms with Crippen molar-refractivity contribution in [2.75, 3.05) is 26.2 Å². The molecule has 2 aromatic rings. The first kappa shape index (κ1) is 17.2. The van der Waals surface area contributed by atoms with Crippen LogP contribution in [0.5, 0.6) is 0 Å². The lowest BCUT2D eigenvalue weighted by Gasteiger charge is -2.20. The van der Waals surface area contributed by atoms with Gasteiger partial charge in [0, 0.05) is 25.8 Å². The minimum absolute atomic E-state index is 0.166. The number of rotatable bonds is 3. The summed E-state index contributed by atoms with van der Waals surface area (Å²) in [6.07, 6.45) is -2.12. The summed E-state index contributed by atoms with van der Waals surface area (Å²) < 4.78 is 40.8. The summed E-state index contributed by atoms with van der Waals surface area (Å²) in [5.74, 6) is 0.166. The lowest BCUT2D eigenvalue weighted by Crippen LogP contribution is -2.28. The molecule has 0 unspecified atom stereocenters. The van der Waals surface area contributed by atoms with Crippen LogP contribution in [-0.2, 0) is 12.7 Å². The van der Waals surface area contributed by atoms with Crippen molar-refractivity contribution < 1.29 is 13.2 Å². The summed E-state index contributed by atoms with van der Waals surface area (Å²) in [5, 5.41) is 3.35. The maximum Gasteiger partial charge on any atom is 0.417 e. The zero-order valence-corrected chi connectivity index (χ0v) is 14.0. The number of halogens is 3. The Balaban J connectivity index is 2.03. The molecule has 0 amide bonds. The molecule has 0 atom stereocenters. The summed E-state index contributed by atoms with van der Waals surface area (Å²) in [4.78, 5) is 6.86. The molecule has 4 nitrogen and oxygen atoms in total. The Hall–Kier alpha value is -1.60. The van der Waals surface area contributed by atoms with Crippen molar-refractivity contribution in [3.05, 3.63) is 35.3 Å². The second kappa shape index (κ2) is 6.72. The number of imidazole rings is 1. The largest absolute Gasteiger partial charge is 0.417 e. The fraction of sp³-hybridized carbons (Fsp3) is 0.588. The van der Waals surface area contributed by atoms with Crippen LogP contribution in [0.2, 0.25) is 0 Å². The van der Waals surface area contributed by atoms with Gasteiger partial charge in [0.2, 0.25) is 0 Å². The Kier molecular flexibility index (Phi) is 4.83. The van der Waals surface area contributed by atoms with E-state index in [0.717, 1.165) is 50.1 Å². The molecule has 1 saturated heterocycles. The standard InChI is InChI=1S/C17H23F3N4/c1-12(2)16-14(11-23-8-3-6-21-7-9-23)24-10-13(17(18,19)20)4-5-15(24)22-16/h4-5,10,12,21H,3,6-9,11H2,1-2H3. The van der Waals surface area contributed by atoms with E-state index in [1.54, 1.807) is 4.40 Å². The molecule has 132 valence electrons. The highest BCUT2D eigenvalue weighted by Gasteiger charge is 2.31. The fourth-order valence-corrected chi connectivity index (χ4v) is 3.17. The van der Waals surface area contributed by atoms with E-state index in [2.05, 4.69) is 15.2 Å². The van der Waals surface area contributed by atoms with Crippen LogP contribution < -0.4 is 5.32 Å². The van der Waals surface area contributed by atoms with Crippen LogP contribution in [0.15, 0.2) is 18.3 Å². The number of fused-ring (bicyclic) bond motifs is 1. The number of alkyl halides is 3. The van der Waals surface area contributed by atoms with E-state index in [9.17, 15) is 13.2 Å². The number of nitrogens with one attached hydrogen (secondary N) is 1. The number of nitrogens with zero attached hydrogens (tertiary/aromatic N) is 3. The predicted octanol–water partition coefficient (Wildman–Crippen LogP) is 3.27. The van der Waals surface area contributed by atoms with Crippen molar-refractivity contribution in [2.24, 2.45) is 0 Å². The van der Waals surface area contributed by atoms with E-state index >= 15 is 0 Å². The Morgan fingerprint density at radius 3 is 2.71 bits per heavy atom. The summed E-state index contributed by atoms with van der Waals surface area (Å²) in [6, 6.07) is 2.56. The molecule has 7 heteroatoms. The molecule has 0 radical (unpaired) electrons. The molecule has 0 saturated carbocycles. The van der Waals surface area contributed by atoms with E-state index in [-0.39, 0.29) is 5.92 Å². The summed E-state index contributed by atoms with van der Waals surface area (Å²) in [6.45, 7) is 8.40. The first-order valence-electron chi connectivity index (χ1n) is 8.37. The van der Waals surface area contributed by atoms with Crippen molar-refractivity contribution in [2.45, 2.75) is 38.9 Å². The van der Waals surface area contributed by atoms with Crippen LogP contribution in [0.25, 0.3) is 5.65 Å². The summed E-state index contributed by atoms with van der Waals surface area (Å²) >= 11 is 0. The second-order valence-corrected chi connectivity index (χ2v) is 6.62. The van der Waals surface area contributed by atoms with Gasteiger partial charge in [-0.25, -0.2) is 4.98 Å². The minimum atomic E-state index is -4.35.